The lowest BCUT2D eigenvalue weighted by Gasteiger charge is -2.26. The molecule has 0 spiro atoms. The van der Waals surface area contributed by atoms with Crippen LogP contribution in [0.15, 0.2) is 42.6 Å². The van der Waals surface area contributed by atoms with E-state index in [1.807, 2.05) is 30.3 Å². The maximum atomic E-state index is 13.8. The lowest BCUT2D eigenvalue weighted by atomic mass is 9.88. The van der Waals surface area contributed by atoms with E-state index in [0.29, 0.717) is 29.1 Å². The van der Waals surface area contributed by atoms with Crippen LogP contribution in [0, 0.1) is 0 Å². The van der Waals surface area contributed by atoms with Crippen LogP contribution in [0.25, 0.3) is 10.9 Å². The van der Waals surface area contributed by atoms with Crippen molar-refractivity contribution in [3.63, 3.8) is 0 Å². The molecule has 3 heterocycles. The van der Waals surface area contributed by atoms with E-state index in [2.05, 4.69) is 25.8 Å². The van der Waals surface area contributed by atoms with Crippen molar-refractivity contribution in [2.45, 2.75) is 24.4 Å². The topological polar surface area (TPSA) is 95.2 Å². The highest BCUT2D eigenvalue weighted by Crippen LogP contribution is 2.36. The molecule has 1 unspecified atom stereocenters. The number of alkyl halides is 2. The summed E-state index contributed by atoms with van der Waals surface area (Å²) in [6, 6.07) is 8.73. The summed E-state index contributed by atoms with van der Waals surface area (Å²) in [5.41, 5.74) is 1.42. The van der Waals surface area contributed by atoms with E-state index in [1.54, 1.807) is 18.0 Å². The molecule has 2 amide bonds. The van der Waals surface area contributed by atoms with Crippen LogP contribution in [0.5, 0.6) is 5.88 Å². The molecule has 30 heavy (non-hydrogen) atoms. The fourth-order valence-corrected chi connectivity index (χ4v) is 4.08. The highest BCUT2D eigenvalue weighted by molar-refractivity contribution is 5.92. The van der Waals surface area contributed by atoms with Gasteiger partial charge in [0.15, 0.2) is 0 Å². The number of amides is 2. The zero-order valence-corrected chi connectivity index (χ0v) is 16.5. The average molecular weight is 416 g/mol. The van der Waals surface area contributed by atoms with Crippen LogP contribution in [0.1, 0.15) is 11.5 Å². The zero-order valence-electron chi connectivity index (χ0n) is 16.5. The number of urea groups is 1. The molecular weight excluding hydrogens is 394 g/mol. The number of ether oxygens (including phenoxy) is 1. The minimum atomic E-state index is -2.53. The van der Waals surface area contributed by atoms with Crippen LogP contribution in [0.2, 0.25) is 0 Å². The first-order valence-electron chi connectivity index (χ1n) is 9.47. The molecule has 158 valence electrons. The second-order valence-electron chi connectivity index (χ2n) is 7.25. The van der Waals surface area contributed by atoms with Crippen LogP contribution in [-0.4, -0.2) is 65.3 Å². The highest BCUT2D eigenvalue weighted by atomic mass is 19.3. The van der Waals surface area contributed by atoms with Gasteiger partial charge in [-0.3, -0.25) is 15.3 Å². The Kier molecular flexibility index (Phi) is 5.49. The number of nitrogens with zero attached hydrogens (tertiary/aromatic N) is 3. The molecule has 8 nitrogen and oxygen atoms in total. The molecule has 10 heteroatoms. The number of hydrogen-bond donors (Lipinski definition) is 3. The van der Waals surface area contributed by atoms with Gasteiger partial charge in [0.25, 0.3) is 6.43 Å². The minimum absolute atomic E-state index is 0.305. The lowest BCUT2D eigenvalue weighted by Crippen LogP contribution is -2.43. The van der Waals surface area contributed by atoms with Crippen molar-refractivity contribution in [3.05, 3.63) is 48.2 Å². The van der Waals surface area contributed by atoms with Gasteiger partial charge in [-0.2, -0.15) is 0 Å². The monoisotopic (exact) mass is 416 g/mol. The first-order valence-corrected chi connectivity index (χ1v) is 9.47. The molecule has 1 aromatic carbocycles. The average Bonchev–Trinajstić information content (AvgIpc) is 3.28. The fraction of sp³-hybridized carbons (Fsp3) is 0.350. The maximum absolute atomic E-state index is 13.8. The number of aromatic amines is 1. The van der Waals surface area contributed by atoms with E-state index >= 15 is 0 Å². The van der Waals surface area contributed by atoms with Crippen molar-refractivity contribution >= 4 is 22.8 Å². The SMILES string of the molecule is COc1n[nH]c2cc(NC(=O)N[C@@H]3CN(C)[C@H](C(F)F)C3c3ccccc3)ncc12. The quantitative estimate of drug-likeness (QED) is 0.595. The summed E-state index contributed by atoms with van der Waals surface area (Å²) in [4.78, 5) is 18.4. The van der Waals surface area contributed by atoms with Crippen LogP contribution in [0.4, 0.5) is 19.4 Å². The molecule has 1 saturated heterocycles. The van der Waals surface area contributed by atoms with Gasteiger partial charge in [-0.1, -0.05) is 30.3 Å². The highest BCUT2D eigenvalue weighted by Gasteiger charge is 2.46. The number of likely N-dealkylation sites (tertiary alicyclic amines) is 1. The van der Waals surface area contributed by atoms with Crippen molar-refractivity contribution in [2.75, 3.05) is 26.0 Å². The third-order valence-corrected chi connectivity index (χ3v) is 5.40. The van der Waals surface area contributed by atoms with Crippen LogP contribution in [0.3, 0.4) is 0 Å². The first-order chi connectivity index (χ1) is 14.5. The Morgan fingerprint density at radius 1 is 1.33 bits per heavy atom. The standard InChI is InChI=1S/C20H22F2N6O2/c1-28-10-14(16(17(28)18(21)22)11-6-4-3-5-7-11)24-20(29)25-15-8-13-12(9-23-15)19(30-2)27-26-13/h3-9,14,16-18H,10H2,1-2H3,(H,26,27)(H2,23,24,25,29)/t14-,16?,17+/m1/s1. The maximum Gasteiger partial charge on any atom is 0.320 e. The summed E-state index contributed by atoms with van der Waals surface area (Å²) in [6.45, 7) is 0.312. The summed E-state index contributed by atoms with van der Waals surface area (Å²) < 4.78 is 32.6. The van der Waals surface area contributed by atoms with Crippen molar-refractivity contribution in [1.29, 1.82) is 0 Å². The molecule has 1 aliphatic heterocycles. The molecule has 3 atom stereocenters. The predicted octanol–water partition coefficient (Wildman–Crippen LogP) is 2.82. The van der Waals surface area contributed by atoms with Crippen molar-refractivity contribution in [1.82, 2.24) is 25.4 Å². The first kappa shape index (κ1) is 20.0. The number of rotatable bonds is 5. The Morgan fingerprint density at radius 3 is 2.80 bits per heavy atom. The molecule has 0 saturated carbocycles. The number of hydrogen-bond acceptors (Lipinski definition) is 5. The molecule has 0 aliphatic carbocycles. The Bertz CT molecular complexity index is 1030. The zero-order chi connectivity index (χ0) is 21.3. The van der Waals surface area contributed by atoms with E-state index < -0.39 is 30.5 Å². The van der Waals surface area contributed by atoms with Gasteiger partial charge in [0.05, 0.1) is 30.1 Å². The fourth-order valence-electron chi connectivity index (χ4n) is 4.08. The summed E-state index contributed by atoms with van der Waals surface area (Å²) in [5, 5.41) is 13.0. The number of methoxy groups -OCH3 is 1. The largest absolute Gasteiger partial charge is 0.479 e. The number of carbonyl (C=O) groups excluding carboxylic acids is 1. The number of halogens is 2. The van der Waals surface area contributed by atoms with Crippen LogP contribution < -0.4 is 15.4 Å². The predicted molar refractivity (Wildman–Crippen MR) is 108 cm³/mol. The Balaban J connectivity index is 1.51. The summed E-state index contributed by atoms with van der Waals surface area (Å²) in [6.07, 6.45) is -0.995. The third kappa shape index (κ3) is 3.78. The van der Waals surface area contributed by atoms with Gasteiger partial charge < -0.3 is 10.1 Å². The van der Waals surface area contributed by atoms with Crippen molar-refractivity contribution < 1.29 is 18.3 Å². The van der Waals surface area contributed by atoms with Crippen molar-refractivity contribution in [3.8, 4) is 5.88 Å². The molecule has 4 rings (SSSR count). The van der Waals surface area contributed by atoms with Gasteiger partial charge in [-0.25, -0.2) is 18.6 Å². The van der Waals surface area contributed by atoms with Gasteiger partial charge in [-0.15, -0.1) is 5.10 Å². The molecule has 1 fully saturated rings. The number of fused-ring (bicyclic) bond motifs is 1. The number of carbonyl (C=O) groups is 1. The molecule has 0 radical (unpaired) electrons. The van der Waals surface area contributed by atoms with Gasteiger partial charge in [0.1, 0.15) is 5.82 Å². The van der Waals surface area contributed by atoms with Crippen molar-refractivity contribution in [2.24, 2.45) is 0 Å². The number of pyridine rings is 1. The van der Waals surface area contributed by atoms with E-state index in [0.717, 1.165) is 5.56 Å². The minimum Gasteiger partial charge on any atom is -0.479 e. The van der Waals surface area contributed by atoms with Gasteiger partial charge >= 0.3 is 6.03 Å². The second-order valence-corrected chi connectivity index (χ2v) is 7.25. The second kappa shape index (κ2) is 8.23. The van der Waals surface area contributed by atoms with E-state index in [9.17, 15) is 13.6 Å². The van der Waals surface area contributed by atoms with Gasteiger partial charge in [0, 0.05) is 24.7 Å². The lowest BCUT2D eigenvalue weighted by molar-refractivity contribution is 0.0512. The van der Waals surface area contributed by atoms with Gasteiger partial charge in [-0.05, 0) is 12.6 Å². The smallest absolute Gasteiger partial charge is 0.320 e. The van der Waals surface area contributed by atoms with E-state index in [1.165, 1.54) is 13.3 Å². The van der Waals surface area contributed by atoms with Gasteiger partial charge in [0.2, 0.25) is 5.88 Å². The molecular formula is C20H22F2N6O2. The number of anilines is 1. The Labute approximate surface area is 171 Å². The Hall–Kier alpha value is -3.27. The molecule has 2 aromatic heterocycles. The number of likely N-dealkylation sites (N-methyl/N-ethyl adjacent to an activating group) is 1. The molecule has 3 N–H and O–H groups in total. The summed E-state index contributed by atoms with van der Waals surface area (Å²) in [7, 11) is 3.15. The van der Waals surface area contributed by atoms with E-state index in [-0.39, 0.29) is 0 Å². The number of aromatic nitrogens is 3. The third-order valence-electron chi connectivity index (χ3n) is 5.40. The molecule has 0 bridgehead atoms. The normalized spacial score (nSPS) is 21.8. The number of benzene rings is 1. The summed E-state index contributed by atoms with van der Waals surface area (Å²) >= 11 is 0. The van der Waals surface area contributed by atoms with Crippen LogP contribution >= 0.6 is 0 Å². The molecule has 1 aliphatic rings. The van der Waals surface area contributed by atoms with E-state index in [4.69, 9.17) is 4.74 Å². The molecule has 3 aromatic rings. The van der Waals surface area contributed by atoms with Crippen LogP contribution in [-0.2, 0) is 0 Å². The Morgan fingerprint density at radius 2 is 2.10 bits per heavy atom. The summed E-state index contributed by atoms with van der Waals surface area (Å²) in [5.74, 6) is 0.180. The number of H-pyrrole nitrogens is 1. The number of nitrogens with one attached hydrogen (secondary N) is 3.